The first-order chi connectivity index (χ1) is 15.8. The van der Waals surface area contributed by atoms with Gasteiger partial charge in [0.15, 0.2) is 0 Å². The minimum atomic E-state index is 0.259. The SMILES string of the molecule is CC(C)=CCCc1ccc2c(O)c3cc(CCC=C(C)CCCC(C)C)ccc3c(O)c2c1. The van der Waals surface area contributed by atoms with Gasteiger partial charge < -0.3 is 10.2 Å². The Kier molecular flexibility index (Phi) is 8.61. The van der Waals surface area contributed by atoms with Crippen molar-refractivity contribution in [3.8, 4) is 11.5 Å². The zero-order valence-corrected chi connectivity index (χ0v) is 21.0. The zero-order valence-electron chi connectivity index (χ0n) is 21.0. The molecular formula is C31H40O2. The topological polar surface area (TPSA) is 40.5 Å². The van der Waals surface area contributed by atoms with Gasteiger partial charge in [0.05, 0.1) is 0 Å². The summed E-state index contributed by atoms with van der Waals surface area (Å²) in [4.78, 5) is 0. The van der Waals surface area contributed by atoms with Crippen molar-refractivity contribution in [3.05, 3.63) is 70.8 Å². The Labute approximate surface area is 199 Å². The quantitative estimate of drug-likeness (QED) is 0.186. The average molecular weight is 445 g/mol. The van der Waals surface area contributed by atoms with Crippen LogP contribution in [0.25, 0.3) is 21.5 Å². The Morgan fingerprint density at radius 3 is 1.76 bits per heavy atom. The fraction of sp³-hybridized carbons (Fsp3) is 0.419. The van der Waals surface area contributed by atoms with E-state index in [9.17, 15) is 10.2 Å². The summed E-state index contributed by atoms with van der Waals surface area (Å²) in [6.07, 6.45) is 12.1. The predicted molar refractivity (Wildman–Crippen MR) is 143 cm³/mol. The first kappa shape index (κ1) is 24.9. The van der Waals surface area contributed by atoms with Gasteiger partial charge in [-0.15, -0.1) is 0 Å². The number of aromatic hydroxyl groups is 2. The second-order valence-electron chi connectivity index (χ2n) is 10.2. The van der Waals surface area contributed by atoms with Gasteiger partial charge >= 0.3 is 0 Å². The van der Waals surface area contributed by atoms with Gasteiger partial charge in [0, 0.05) is 21.5 Å². The number of hydrogen-bond donors (Lipinski definition) is 2. The molecule has 0 aliphatic carbocycles. The smallest absolute Gasteiger partial charge is 0.131 e. The van der Waals surface area contributed by atoms with Crippen molar-refractivity contribution < 1.29 is 10.2 Å². The number of benzene rings is 3. The van der Waals surface area contributed by atoms with Gasteiger partial charge in [-0.05, 0) is 88.5 Å². The Bertz CT molecular complexity index is 1160. The monoisotopic (exact) mass is 444 g/mol. The minimum Gasteiger partial charge on any atom is -0.507 e. The average Bonchev–Trinajstić information content (AvgIpc) is 2.77. The highest BCUT2D eigenvalue weighted by molar-refractivity contribution is 6.10. The summed E-state index contributed by atoms with van der Waals surface area (Å²) >= 11 is 0. The maximum atomic E-state index is 11.0. The Hall–Kier alpha value is -2.74. The molecule has 0 heterocycles. The van der Waals surface area contributed by atoms with E-state index in [0.29, 0.717) is 10.8 Å². The largest absolute Gasteiger partial charge is 0.507 e. The summed E-state index contributed by atoms with van der Waals surface area (Å²) < 4.78 is 0. The highest BCUT2D eigenvalue weighted by atomic mass is 16.3. The number of aryl methyl sites for hydroxylation is 2. The van der Waals surface area contributed by atoms with Crippen molar-refractivity contribution in [2.45, 2.75) is 79.6 Å². The molecule has 0 amide bonds. The van der Waals surface area contributed by atoms with Gasteiger partial charge in [-0.2, -0.15) is 0 Å². The molecule has 2 nitrogen and oxygen atoms in total. The van der Waals surface area contributed by atoms with Crippen LogP contribution in [0.5, 0.6) is 11.5 Å². The van der Waals surface area contributed by atoms with Crippen LogP contribution >= 0.6 is 0 Å². The molecule has 3 aromatic rings. The molecule has 2 heteroatoms. The first-order valence-electron chi connectivity index (χ1n) is 12.4. The molecule has 0 aliphatic rings. The molecule has 3 aromatic carbocycles. The Morgan fingerprint density at radius 2 is 1.27 bits per heavy atom. The molecule has 0 aliphatic heterocycles. The van der Waals surface area contributed by atoms with Gasteiger partial charge in [0.2, 0.25) is 0 Å². The molecule has 0 saturated heterocycles. The summed E-state index contributed by atoms with van der Waals surface area (Å²) in [6.45, 7) is 11.0. The van der Waals surface area contributed by atoms with Crippen molar-refractivity contribution in [1.82, 2.24) is 0 Å². The lowest BCUT2D eigenvalue weighted by Gasteiger charge is -2.12. The molecular weight excluding hydrogens is 404 g/mol. The lowest BCUT2D eigenvalue weighted by atomic mass is 9.95. The van der Waals surface area contributed by atoms with Gasteiger partial charge in [0.25, 0.3) is 0 Å². The normalized spacial score (nSPS) is 12.1. The number of hydrogen-bond acceptors (Lipinski definition) is 2. The molecule has 0 aromatic heterocycles. The van der Waals surface area contributed by atoms with Gasteiger partial charge in [0.1, 0.15) is 11.5 Å². The molecule has 33 heavy (non-hydrogen) atoms. The van der Waals surface area contributed by atoms with Crippen LogP contribution in [-0.4, -0.2) is 10.2 Å². The van der Waals surface area contributed by atoms with Crippen LogP contribution in [0.2, 0.25) is 0 Å². The maximum Gasteiger partial charge on any atom is 0.131 e. The van der Waals surface area contributed by atoms with Crippen LogP contribution in [0.15, 0.2) is 59.7 Å². The fourth-order valence-electron chi connectivity index (χ4n) is 4.49. The van der Waals surface area contributed by atoms with Crippen LogP contribution in [0, 0.1) is 5.92 Å². The third-order valence-electron chi connectivity index (χ3n) is 6.45. The summed E-state index contributed by atoms with van der Waals surface area (Å²) in [5, 5.41) is 24.9. The molecule has 0 bridgehead atoms. The first-order valence-corrected chi connectivity index (χ1v) is 12.4. The Balaban J connectivity index is 1.79. The van der Waals surface area contributed by atoms with E-state index < -0.39 is 0 Å². The lowest BCUT2D eigenvalue weighted by Crippen LogP contribution is -1.90. The second-order valence-corrected chi connectivity index (χ2v) is 10.2. The van der Waals surface area contributed by atoms with E-state index in [1.54, 1.807) is 0 Å². The molecule has 0 fully saturated rings. The van der Waals surface area contributed by atoms with Crippen LogP contribution in [0.1, 0.15) is 77.8 Å². The molecule has 176 valence electrons. The standard InChI is InChI=1S/C31H40O2/c1-21(2)9-6-11-23(5)12-8-14-25-16-18-27-29(20-25)31(33)26-17-15-24(13-7-10-22(3)4)19-28(26)30(27)32/h10,12,15-21,32-33H,6-9,11,13-14H2,1-5H3. The molecule has 3 rings (SSSR count). The number of fused-ring (bicyclic) bond motifs is 2. The molecule has 0 spiro atoms. The molecule has 2 N–H and O–H groups in total. The third kappa shape index (κ3) is 6.63. The van der Waals surface area contributed by atoms with E-state index in [1.165, 1.54) is 41.5 Å². The summed E-state index contributed by atoms with van der Waals surface area (Å²) in [7, 11) is 0. The van der Waals surface area contributed by atoms with E-state index >= 15 is 0 Å². The van der Waals surface area contributed by atoms with Crippen molar-refractivity contribution >= 4 is 21.5 Å². The van der Waals surface area contributed by atoms with E-state index in [0.717, 1.165) is 42.4 Å². The van der Waals surface area contributed by atoms with Gasteiger partial charge in [-0.25, -0.2) is 0 Å². The third-order valence-corrected chi connectivity index (χ3v) is 6.45. The molecule has 0 saturated carbocycles. The van der Waals surface area contributed by atoms with E-state index in [2.05, 4.69) is 58.9 Å². The van der Waals surface area contributed by atoms with E-state index in [-0.39, 0.29) is 11.5 Å². The van der Waals surface area contributed by atoms with Crippen molar-refractivity contribution in [2.75, 3.05) is 0 Å². The number of allylic oxidation sites excluding steroid dienone is 4. The van der Waals surface area contributed by atoms with Crippen LogP contribution < -0.4 is 0 Å². The molecule has 0 atom stereocenters. The number of rotatable bonds is 10. The maximum absolute atomic E-state index is 11.0. The van der Waals surface area contributed by atoms with Crippen LogP contribution in [0.4, 0.5) is 0 Å². The van der Waals surface area contributed by atoms with E-state index in [1.807, 2.05) is 24.3 Å². The van der Waals surface area contributed by atoms with E-state index in [4.69, 9.17) is 0 Å². The van der Waals surface area contributed by atoms with Crippen LogP contribution in [0.3, 0.4) is 0 Å². The second kappa shape index (κ2) is 11.4. The summed E-state index contributed by atoms with van der Waals surface area (Å²) in [6, 6.07) is 12.1. The van der Waals surface area contributed by atoms with Gasteiger partial charge in [-0.1, -0.05) is 67.8 Å². The zero-order chi connectivity index (χ0) is 24.0. The van der Waals surface area contributed by atoms with Crippen LogP contribution in [-0.2, 0) is 12.8 Å². The highest BCUT2D eigenvalue weighted by Crippen LogP contribution is 2.42. The van der Waals surface area contributed by atoms with Crippen molar-refractivity contribution in [1.29, 1.82) is 0 Å². The summed E-state index contributed by atoms with van der Waals surface area (Å²) in [5.74, 6) is 1.29. The molecule has 0 radical (unpaired) electrons. The Morgan fingerprint density at radius 1 is 0.758 bits per heavy atom. The lowest BCUT2D eigenvalue weighted by molar-refractivity contribution is 0.478. The minimum absolute atomic E-state index is 0.259. The number of phenolic OH excluding ortho intramolecular Hbond substituents is 2. The molecule has 0 unspecified atom stereocenters. The highest BCUT2D eigenvalue weighted by Gasteiger charge is 2.14. The predicted octanol–water partition coefficient (Wildman–Crippen LogP) is 9.01. The van der Waals surface area contributed by atoms with Crippen molar-refractivity contribution in [2.24, 2.45) is 5.92 Å². The van der Waals surface area contributed by atoms with Crippen molar-refractivity contribution in [3.63, 3.8) is 0 Å². The van der Waals surface area contributed by atoms with Gasteiger partial charge in [-0.3, -0.25) is 0 Å². The fourth-order valence-corrected chi connectivity index (χ4v) is 4.49. The summed E-state index contributed by atoms with van der Waals surface area (Å²) in [5.41, 5.74) is 5.13. The number of phenols is 2.